The summed E-state index contributed by atoms with van der Waals surface area (Å²) in [5, 5.41) is 4.00. The van der Waals surface area contributed by atoms with Crippen molar-refractivity contribution in [2.45, 2.75) is 13.3 Å². The Labute approximate surface area is 147 Å². The Morgan fingerprint density at radius 1 is 1.12 bits per heavy atom. The largest absolute Gasteiger partial charge is 0.497 e. The number of benzene rings is 2. The van der Waals surface area contributed by atoms with Crippen molar-refractivity contribution in [3.8, 4) is 5.75 Å². The lowest BCUT2D eigenvalue weighted by Crippen LogP contribution is -2.28. The number of hydrogen-bond acceptors (Lipinski definition) is 4. The number of ether oxygens (including phenoxy) is 1. The second kappa shape index (κ2) is 8.63. The molecular formula is C19H21N3O3. The fraction of sp³-hybridized carbons (Fsp3) is 0.211. The minimum atomic E-state index is -0.359. The second-order valence-electron chi connectivity index (χ2n) is 5.49. The third-order valence-corrected chi connectivity index (χ3v) is 3.60. The molecule has 0 atom stereocenters. The molecule has 0 fully saturated rings. The van der Waals surface area contributed by atoms with E-state index in [0.29, 0.717) is 17.0 Å². The Balaban J connectivity index is 1.94. The molecule has 0 saturated carbocycles. The van der Waals surface area contributed by atoms with E-state index in [1.165, 1.54) is 7.11 Å². The SMILES string of the molecule is COc1cccc(C(=O)N/N=C(\C)CC(=O)N(C)c2ccccc2)c1. The predicted molar refractivity (Wildman–Crippen MR) is 98.0 cm³/mol. The zero-order valence-electron chi connectivity index (χ0n) is 14.5. The van der Waals surface area contributed by atoms with Crippen LogP contribution in [0.1, 0.15) is 23.7 Å². The number of nitrogens with one attached hydrogen (secondary N) is 1. The number of methoxy groups -OCH3 is 1. The van der Waals surface area contributed by atoms with Crippen molar-refractivity contribution >= 4 is 23.2 Å². The number of amides is 2. The summed E-state index contributed by atoms with van der Waals surface area (Å²) in [7, 11) is 3.24. The molecule has 0 spiro atoms. The number of carbonyl (C=O) groups is 2. The van der Waals surface area contributed by atoms with Crippen LogP contribution in [0.25, 0.3) is 0 Å². The number of nitrogens with zero attached hydrogens (tertiary/aromatic N) is 2. The van der Waals surface area contributed by atoms with Gasteiger partial charge in [-0.25, -0.2) is 5.43 Å². The molecule has 25 heavy (non-hydrogen) atoms. The van der Waals surface area contributed by atoms with E-state index in [4.69, 9.17) is 4.74 Å². The summed E-state index contributed by atoms with van der Waals surface area (Å²) in [4.78, 5) is 25.9. The predicted octanol–water partition coefficient (Wildman–Crippen LogP) is 2.85. The van der Waals surface area contributed by atoms with E-state index in [1.54, 1.807) is 43.1 Å². The Hall–Kier alpha value is -3.15. The zero-order chi connectivity index (χ0) is 18.2. The first kappa shape index (κ1) is 18.2. The highest BCUT2D eigenvalue weighted by Crippen LogP contribution is 2.13. The van der Waals surface area contributed by atoms with E-state index in [9.17, 15) is 9.59 Å². The summed E-state index contributed by atoms with van der Waals surface area (Å²) in [6.45, 7) is 1.70. The number of carbonyl (C=O) groups excluding carboxylic acids is 2. The average Bonchev–Trinajstić information content (AvgIpc) is 2.66. The van der Waals surface area contributed by atoms with Crippen molar-refractivity contribution in [3.05, 3.63) is 60.2 Å². The molecule has 2 amide bonds. The number of hydrogen-bond donors (Lipinski definition) is 1. The van der Waals surface area contributed by atoms with Gasteiger partial charge >= 0.3 is 0 Å². The Kier molecular flexibility index (Phi) is 6.28. The van der Waals surface area contributed by atoms with Crippen molar-refractivity contribution in [2.75, 3.05) is 19.1 Å². The number of hydrazone groups is 1. The summed E-state index contributed by atoms with van der Waals surface area (Å²) in [5.74, 6) is 0.123. The monoisotopic (exact) mass is 339 g/mol. The number of rotatable bonds is 6. The van der Waals surface area contributed by atoms with Gasteiger partial charge in [0.2, 0.25) is 5.91 Å². The molecular weight excluding hydrogens is 318 g/mol. The van der Waals surface area contributed by atoms with Gasteiger partial charge in [0, 0.05) is 24.0 Å². The summed E-state index contributed by atoms with van der Waals surface area (Å²) in [5.41, 5.74) is 4.21. The van der Waals surface area contributed by atoms with Gasteiger partial charge in [0.1, 0.15) is 5.75 Å². The summed E-state index contributed by atoms with van der Waals surface area (Å²) < 4.78 is 5.09. The molecule has 0 aliphatic heterocycles. The molecule has 0 radical (unpaired) electrons. The van der Waals surface area contributed by atoms with Gasteiger partial charge in [-0.1, -0.05) is 24.3 Å². The van der Waals surface area contributed by atoms with Gasteiger partial charge in [-0.3, -0.25) is 9.59 Å². The second-order valence-corrected chi connectivity index (χ2v) is 5.49. The van der Waals surface area contributed by atoms with Crippen LogP contribution in [0, 0.1) is 0 Å². The number of anilines is 1. The first-order valence-electron chi connectivity index (χ1n) is 7.80. The van der Waals surface area contributed by atoms with Crippen LogP contribution in [0.2, 0.25) is 0 Å². The van der Waals surface area contributed by atoms with Crippen molar-refractivity contribution in [1.82, 2.24) is 5.43 Å². The summed E-state index contributed by atoms with van der Waals surface area (Å²) in [6.07, 6.45) is 0.115. The average molecular weight is 339 g/mol. The molecule has 2 aromatic carbocycles. The summed E-state index contributed by atoms with van der Waals surface area (Å²) in [6, 6.07) is 16.1. The minimum absolute atomic E-state index is 0.108. The van der Waals surface area contributed by atoms with Crippen LogP contribution >= 0.6 is 0 Å². The van der Waals surface area contributed by atoms with E-state index in [-0.39, 0.29) is 18.2 Å². The standard InChI is InChI=1S/C19H21N3O3/c1-14(12-18(23)22(2)16-9-5-4-6-10-16)20-21-19(24)15-8-7-11-17(13-15)25-3/h4-11,13H,12H2,1-3H3,(H,21,24)/b20-14+. The minimum Gasteiger partial charge on any atom is -0.497 e. The van der Waals surface area contributed by atoms with Gasteiger partial charge in [-0.2, -0.15) is 5.10 Å². The lowest BCUT2D eigenvalue weighted by atomic mass is 10.2. The van der Waals surface area contributed by atoms with Crippen LogP contribution in [-0.4, -0.2) is 31.7 Å². The highest BCUT2D eigenvalue weighted by molar-refractivity contribution is 6.07. The number of para-hydroxylation sites is 1. The molecule has 0 bridgehead atoms. The smallest absolute Gasteiger partial charge is 0.271 e. The van der Waals surface area contributed by atoms with Crippen LogP contribution in [0.3, 0.4) is 0 Å². The molecule has 0 saturated heterocycles. The van der Waals surface area contributed by atoms with Crippen molar-refractivity contribution in [2.24, 2.45) is 5.10 Å². The Bertz CT molecular complexity index is 772. The third kappa shape index (κ3) is 5.17. The third-order valence-electron chi connectivity index (χ3n) is 3.60. The Morgan fingerprint density at radius 3 is 2.52 bits per heavy atom. The first-order chi connectivity index (χ1) is 12.0. The fourth-order valence-corrected chi connectivity index (χ4v) is 2.15. The lowest BCUT2D eigenvalue weighted by Gasteiger charge is -2.17. The molecule has 0 aliphatic rings. The normalized spacial score (nSPS) is 10.9. The van der Waals surface area contributed by atoms with Gasteiger partial charge in [0.05, 0.1) is 13.5 Å². The molecule has 0 heterocycles. The molecule has 6 nitrogen and oxygen atoms in total. The van der Waals surface area contributed by atoms with Gasteiger partial charge in [-0.15, -0.1) is 0 Å². The van der Waals surface area contributed by atoms with Crippen LogP contribution in [0.5, 0.6) is 5.75 Å². The van der Waals surface area contributed by atoms with Crippen LogP contribution in [-0.2, 0) is 4.79 Å². The highest BCUT2D eigenvalue weighted by atomic mass is 16.5. The van der Waals surface area contributed by atoms with Crippen LogP contribution in [0.15, 0.2) is 59.7 Å². The topological polar surface area (TPSA) is 71.0 Å². The fourth-order valence-electron chi connectivity index (χ4n) is 2.15. The van der Waals surface area contributed by atoms with Crippen molar-refractivity contribution < 1.29 is 14.3 Å². The van der Waals surface area contributed by atoms with Crippen molar-refractivity contribution in [1.29, 1.82) is 0 Å². The maximum absolute atomic E-state index is 12.3. The molecule has 130 valence electrons. The van der Waals surface area contributed by atoms with E-state index < -0.39 is 0 Å². The molecule has 6 heteroatoms. The molecule has 1 N–H and O–H groups in total. The van der Waals surface area contributed by atoms with E-state index >= 15 is 0 Å². The Morgan fingerprint density at radius 2 is 1.84 bits per heavy atom. The quantitative estimate of drug-likeness (QED) is 0.650. The molecule has 0 aromatic heterocycles. The maximum atomic E-state index is 12.3. The van der Waals surface area contributed by atoms with Crippen LogP contribution < -0.4 is 15.1 Å². The van der Waals surface area contributed by atoms with E-state index in [0.717, 1.165) is 5.69 Å². The molecule has 2 rings (SSSR count). The zero-order valence-corrected chi connectivity index (χ0v) is 14.5. The van der Waals surface area contributed by atoms with Gasteiger partial charge in [-0.05, 0) is 37.3 Å². The van der Waals surface area contributed by atoms with E-state index in [1.807, 2.05) is 30.3 Å². The van der Waals surface area contributed by atoms with Gasteiger partial charge in [0.15, 0.2) is 0 Å². The van der Waals surface area contributed by atoms with Gasteiger partial charge < -0.3 is 9.64 Å². The summed E-state index contributed by atoms with van der Waals surface area (Å²) >= 11 is 0. The molecule has 0 aliphatic carbocycles. The lowest BCUT2D eigenvalue weighted by molar-refractivity contribution is -0.117. The molecule has 0 unspecified atom stereocenters. The van der Waals surface area contributed by atoms with Crippen molar-refractivity contribution in [3.63, 3.8) is 0 Å². The van der Waals surface area contributed by atoms with Gasteiger partial charge in [0.25, 0.3) is 5.91 Å². The maximum Gasteiger partial charge on any atom is 0.271 e. The highest BCUT2D eigenvalue weighted by Gasteiger charge is 2.12. The first-order valence-corrected chi connectivity index (χ1v) is 7.80. The van der Waals surface area contributed by atoms with E-state index in [2.05, 4.69) is 10.5 Å². The van der Waals surface area contributed by atoms with Crippen LogP contribution in [0.4, 0.5) is 5.69 Å². The molecule has 2 aromatic rings.